The lowest BCUT2D eigenvalue weighted by Gasteiger charge is -2.24. The minimum atomic E-state index is 0. The Morgan fingerprint density at radius 1 is 1.06 bits per heavy atom. The lowest BCUT2D eigenvalue weighted by Crippen LogP contribution is -2.29. The Hall–Kier alpha value is -0.500. The molecule has 0 saturated carbocycles. The molecule has 0 unspecified atom stereocenters. The maximum Gasteiger partial charge on any atom is 0.0441 e. The molecule has 0 radical (unpaired) electrons. The van der Waals surface area contributed by atoms with E-state index in [0.29, 0.717) is 0 Å². The number of hydrogen-bond donors (Lipinski definition) is 0. The molecular weight excluding hydrogens is 265 g/mol. The Morgan fingerprint density at radius 2 is 1.78 bits per heavy atom. The van der Waals surface area contributed by atoms with E-state index in [1.54, 1.807) is 0 Å². The fourth-order valence-electron chi connectivity index (χ4n) is 2.24. The van der Waals surface area contributed by atoms with Crippen LogP contribution in [0.2, 0.25) is 5.02 Å². The smallest absolute Gasteiger partial charge is 0.0441 e. The van der Waals surface area contributed by atoms with Gasteiger partial charge in [0.1, 0.15) is 0 Å². The lowest BCUT2D eigenvalue weighted by atomic mass is 10.1. The van der Waals surface area contributed by atoms with Crippen LogP contribution in [-0.2, 0) is 6.42 Å². The second kappa shape index (κ2) is 8.58. The van der Waals surface area contributed by atoms with Crippen LogP contribution in [0.15, 0.2) is 36.4 Å². The molecule has 100 valence electrons. The van der Waals surface area contributed by atoms with Crippen molar-refractivity contribution < 1.29 is 0 Å². The molecule has 0 bridgehead atoms. The van der Waals surface area contributed by atoms with Crippen molar-refractivity contribution >= 4 is 24.0 Å². The summed E-state index contributed by atoms with van der Waals surface area (Å²) in [5.74, 6) is 0. The number of allylic oxidation sites excluding steroid dienone is 1. The second-order valence-electron chi connectivity index (χ2n) is 4.63. The number of halogens is 2. The molecule has 18 heavy (non-hydrogen) atoms. The standard InChI is InChI=1S/C15H20ClN.ClH/c16-15-10-3-2-8-14(15)9-4-7-13-17-11-5-1-6-12-17;/h2-4,7-8,10H,1,5-6,9,11-13H2;1H/b7-4+;. The highest BCUT2D eigenvalue weighted by atomic mass is 35.5. The van der Waals surface area contributed by atoms with Crippen LogP contribution >= 0.6 is 24.0 Å². The number of likely N-dealkylation sites (tertiary alicyclic amines) is 1. The van der Waals surface area contributed by atoms with Gasteiger partial charge < -0.3 is 0 Å². The molecule has 1 aromatic rings. The Morgan fingerprint density at radius 3 is 2.50 bits per heavy atom. The maximum absolute atomic E-state index is 6.11. The van der Waals surface area contributed by atoms with Crippen molar-refractivity contribution in [3.63, 3.8) is 0 Å². The van der Waals surface area contributed by atoms with Crippen molar-refractivity contribution in [3.8, 4) is 0 Å². The molecule has 0 amide bonds. The van der Waals surface area contributed by atoms with Gasteiger partial charge in [0, 0.05) is 11.6 Å². The van der Waals surface area contributed by atoms with E-state index in [4.69, 9.17) is 11.6 Å². The first-order valence-corrected chi connectivity index (χ1v) is 6.85. The summed E-state index contributed by atoms with van der Waals surface area (Å²) in [6.45, 7) is 3.61. The van der Waals surface area contributed by atoms with E-state index in [1.807, 2.05) is 18.2 Å². The molecule has 0 aromatic heterocycles. The van der Waals surface area contributed by atoms with Gasteiger partial charge in [0.15, 0.2) is 0 Å². The number of rotatable bonds is 4. The number of benzene rings is 1. The zero-order valence-electron chi connectivity index (χ0n) is 10.6. The van der Waals surface area contributed by atoms with Crippen LogP contribution in [0.1, 0.15) is 24.8 Å². The van der Waals surface area contributed by atoms with E-state index in [9.17, 15) is 0 Å². The number of nitrogens with zero attached hydrogens (tertiary/aromatic N) is 1. The van der Waals surface area contributed by atoms with Gasteiger partial charge in [0.25, 0.3) is 0 Å². The fourth-order valence-corrected chi connectivity index (χ4v) is 2.45. The molecule has 1 aliphatic heterocycles. The Bertz CT molecular complexity index is 371. The SMILES string of the molecule is Cl.Clc1ccccc1C/C=C/CN1CCCCC1. The minimum Gasteiger partial charge on any atom is -0.300 e. The highest BCUT2D eigenvalue weighted by Crippen LogP contribution is 2.15. The first kappa shape index (κ1) is 15.6. The average molecular weight is 286 g/mol. The summed E-state index contributed by atoms with van der Waals surface area (Å²) < 4.78 is 0. The van der Waals surface area contributed by atoms with Crippen molar-refractivity contribution in [1.82, 2.24) is 4.90 Å². The van der Waals surface area contributed by atoms with Gasteiger partial charge in [0.05, 0.1) is 0 Å². The zero-order valence-corrected chi connectivity index (χ0v) is 12.2. The summed E-state index contributed by atoms with van der Waals surface area (Å²) in [5.41, 5.74) is 1.21. The molecule has 0 atom stereocenters. The van der Waals surface area contributed by atoms with Crippen molar-refractivity contribution in [2.75, 3.05) is 19.6 Å². The lowest BCUT2D eigenvalue weighted by molar-refractivity contribution is 0.251. The van der Waals surface area contributed by atoms with Crippen LogP contribution in [0.25, 0.3) is 0 Å². The van der Waals surface area contributed by atoms with Gasteiger partial charge in [-0.3, -0.25) is 4.90 Å². The molecule has 2 rings (SSSR count). The van der Waals surface area contributed by atoms with Crippen LogP contribution in [0.3, 0.4) is 0 Å². The zero-order chi connectivity index (χ0) is 11.9. The van der Waals surface area contributed by atoms with E-state index in [-0.39, 0.29) is 12.4 Å². The van der Waals surface area contributed by atoms with Crippen LogP contribution in [0.5, 0.6) is 0 Å². The molecule has 0 spiro atoms. The van der Waals surface area contributed by atoms with Crippen molar-refractivity contribution in [2.24, 2.45) is 0 Å². The van der Waals surface area contributed by atoms with E-state index in [1.165, 1.54) is 37.9 Å². The van der Waals surface area contributed by atoms with Gasteiger partial charge >= 0.3 is 0 Å². The fraction of sp³-hybridized carbons (Fsp3) is 0.467. The minimum absolute atomic E-state index is 0. The highest BCUT2D eigenvalue weighted by Gasteiger charge is 2.07. The Balaban J connectivity index is 0.00000162. The molecule has 1 aromatic carbocycles. The summed E-state index contributed by atoms with van der Waals surface area (Å²) in [4.78, 5) is 2.52. The molecule has 0 aliphatic carbocycles. The molecule has 1 heterocycles. The second-order valence-corrected chi connectivity index (χ2v) is 5.04. The summed E-state index contributed by atoms with van der Waals surface area (Å²) in [6.07, 6.45) is 9.56. The van der Waals surface area contributed by atoms with Crippen molar-refractivity contribution in [1.29, 1.82) is 0 Å². The van der Waals surface area contributed by atoms with Crippen LogP contribution in [0.4, 0.5) is 0 Å². The first-order chi connectivity index (χ1) is 8.36. The van der Waals surface area contributed by atoms with E-state index in [2.05, 4.69) is 23.1 Å². The molecule has 0 N–H and O–H groups in total. The Kier molecular flexibility index (Phi) is 7.41. The summed E-state index contributed by atoms with van der Waals surface area (Å²) in [5, 5.41) is 0.870. The van der Waals surface area contributed by atoms with E-state index < -0.39 is 0 Å². The third-order valence-electron chi connectivity index (χ3n) is 3.27. The van der Waals surface area contributed by atoms with Gasteiger partial charge in [-0.25, -0.2) is 0 Å². The first-order valence-electron chi connectivity index (χ1n) is 6.47. The normalized spacial score (nSPS) is 16.7. The number of hydrogen-bond acceptors (Lipinski definition) is 1. The van der Waals surface area contributed by atoms with Gasteiger partial charge in [-0.1, -0.05) is 48.4 Å². The van der Waals surface area contributed by atoms with Gasteiger partial charge in [-0.2, -0.15) is 0 Å². The summed E-state index contributed by atoms with van der Waals surface area (Å²) in [7, 11) is 0. The number of piperidine rings is 1. The molecule has 1 fully saturated rings. The predicted molar refractivity (Wildman–Crippen MR) is 81.8 cm³/mol. The summed E-state index contributed by atoms with van der Waals surface area (Å²) >= 11 is 6.11. The largest absolute Gasteiger partial charge is 0.300 e. The van der Waals surface area contributed by atoms with Gasteiger partial charge in [-0.15, -0.1) is 12.4 Å². The van der Waals surface area contributed by atoms with E-state index in [0.717, 1.165) is 18.0 Å². The highest BCUT2D eigenvalue weighted by molar-refractivity contribution is 6.31. The third-order valence-corrected chi connectivity index (χ3v) is 3.64. The monoisotopic (exact) mass is 285 g/mol. The predicted octanol–water partition coefficient (Wildman–Crippen LogP) is 4.35. The topological polar surface area (TPSA) is 3.24 Å². The van der Waals surface area contributed by atoms with Crippen molar-refractivity contribution in [2.45, 2.75) is 25.7 Å². The molecular formula is C15H21Cl2N. The maximum atomic E-state index is 6.11. The van der Waals surface area contributed by atoms with Crippen LogP contribution < -0.4 is 0 Å². The van der Waals surface area contributed by atoms with Crippen LogP contribution in [-0.4, -0.2) is 24.5 Å². The Labute approximate surface area is 121 Å². The van der Waals surface area contributed by atoms with Crippen molar-refractivity contribution in [3.05, 3.63) is 47.0 Å². The molecule has 1 nitrogen and oxygen atoms in total. The summed E-state index contributed by atoms with van der Waals surface area (Å²) in [6, 6.07) is 8.06. The van der Waals surface area contributed by atoms with E-state index >= 15 is 0 Å². The van der Waals surface area contributed by atoms with Gasteiger partial charge in [-0.05, 0) is 44.0 Å². The van der Waals surface area contributed by atoms with Crippen LogP contribution in [0, 0.1) is 0 Å². The van der Waals surface area contributed by atoms with Gasteiger partial charge in [0.2, 0.25) is 0 Å². The third kappa shape index (κ3) is 5.01. The quantitative estimate of drug-likeness (QED) is 0.744. The molecule has 1 aliphatic rings. The average Bonchev–Trinajstić information content (AvgIpc) is 2.38. The molecule has 3 heteroatoms. The molecule has 1 saturated heterocycles.